The van der Waals surface area contributed by atoms with Crippen LogP contribution in [0.25, 0.3) is 16.9 Å². The van der Waals surface area contributed by atoms with Crippen molar-refractivity contribution in [3.63, 3.8) is 0 Å². The highest BCUT2D eigenvalue weighted by molar-refractivity contribution is 5.77. The molecule has 0 bridgehead atoms. The van der Waals surface area contributed by atoms with Gasteiger partial charge in [-0.1, -0.05) is 19.9 Å². The Kier molecular flexibility index (Phi) is 5.36. The Labute approximate surface area is 206 Å². The maximum Gasteiger partial charge on any atom is 0.278 e. The van der Waals surface area contributed by atoms with Crippen molar-refractivity contribution in [1.82, 2.24) is 29.6 Å². The van der Waals surface area contributed by atoms with Crippen LogP contribution in [0.1, 0.15) is 49.6 Å². The molecular formula is C26H27F2N7O. The number of nitrogens with one attached hydrogen (secondary N) is 2. The fourth-order valence-corrected chi connectivity index (χ4v) is 4.63. The van der Waals surface area contributed by atoms with Gasteiger partial charge in [0.05, 0.1) is 17.4 Å². The van der Waals surface area contributed by atoms with Crippen molar-refractivity contribution in [3.05, 3.63) is 69.5 Å². The van der Waals surface area contributed by atoms with Crippen LogP contribution in [-0.2, 0) is 18.4 Å². The molecular weight excluding hydrogens is 464 g/mol. The van der Waals surface area contributed by atoms with Crippen molar-refractivity contribution in [2.24, 2.45) is 0 Å². The number of pyridine rings is 1. The summed E-state index contributed by atoms with van der Waals surface area (Å²) in [5.74, 6) is 0.263. The van der Waals surface area contributed by atoms with Gasteiger partial charge in [-0.05, 0) is 61.2 Å². The summed E-state index contributed by atoms with van der Waals surface area (Å²) in [6.45, 7) is 4.49. The number of halogens is 2. The maximum atomic E-state index is 14.8. The third kappa shape index (κ3) is 3.85. The summed E-state index contributed by atoms with van der Waals surface area (Å²) in [6.07, 6.45) is 4.03. The molecule has 1 aromatic carbocycles. The van der Waals surface area contributed by atoms with E-state index in [1.165, 1.54) is 12.3 Å². The van der Waals surface area contributed by atoms with Gasteiger partial charge < -0.3 is 10.6 Å². The van der Waals surface area contributed by atoms with Crippen LogP contribution in [0.3, 0.4) is 0 Å². The Morgan fingerprint density at radius 2 is 2.03 bits per heavy atom. The first-order chi connectivity index (χ1) is 17.4. The molecule has 0 unspecified atom stereocenters. The molecule has 0 spiro atoms. The van der Waals surface area contributed by atoms with E-state index < -0.39 is 17.9 Å². The number of nitrogens with zero attached hydrogens (tertiary/aromatic N) is 5. The predicted molar refractivity (Wildman–Crippen MR) is 133 cm³/mol. The van der Waals surface area contributed by atoms with Gasteiger partial charge in [-0.25, -0.2) is 23.7 Å². The van der Waals surface area contributed by atoms with Crippen LogP contribution in [-0.4, -0.2) is 37.5 Å². The van der Waals surface area contributed by atoms with Crippen LogP contribution in [0, 0.1) is 5.82 Å². The molecule has 1 saturated carbocycles. The zero-order valence-corrected chi connectivity index (χ0v) is 20.2. The number of hydrogen-bond donors (Lipinski definition) is 2. The zero-order chi connectivity index (χ0) is 25.0. The molecule has 8 nitrogen and oxygen atoms in total. The van der Waals surface area contributed by atoms with E-state index in [1.807, 2.05) is 0 Å². The highest BCUT2D eigenvalue weighted by atomic mass is 19.1. The minimum Gasteiger partial charge on any atom is -0.322 e. The van der Waals surface area contributed by atoms with E-state index in [2.05, 4.69) is 20.6 Å². The van der Waals surface area contributed by atoms with Gasteiger partial charge in [-0.3, -0.25) is 9.18 Å². The first kappa shape index (κ1) is 22.8. The Hall–Kier alpha value is -3.66. The summed E-state index contributed by atoms with van der Waals surface area (Å²) in [5.41, 5.74) is 2.28. The van der Waals surface area contributed by atoms with Gasteiger partial charge in [-0.2, -0.15) is 4.98 Å². The lowest BCUT2D eigenvalue weighted by Gasteiger charge is -2.21. The SMILES string of the molecule is CC(C)(CF)c1cccc(-n2c3nc(Nc4cc5c(cc4F)CNCC5)ncc3c(=O)n2C2CC2)n1. The zero-order valence-electron chi connectivity index (χ0n) is 20.2. The summed E-state index contributed by atoms with van der Waals surface area (Å²) in [5, 5.41) is 6.59. The molecule has 0 atom stereocenters. The average Bonchev–Trinajstić information content (AvgIpc) is 3.68. The summed E-state index contributed by atoms with van der Waals surface area (Å²) in [6, 6.07) is 8.73. The Morgan fingerprint density at radius 3 is 2.81 bits per heavy atom. The van der Waals surface area contributed by atoms with E-state index in [1.54, 1.807) is 47.5 Å². The van der Waals surface area contributed by atoms with Crippen molar-refractivity contribution in [3.8, 4) is 5.82 Å². The molecule has 1 aliphatic carbocycles. The fraction of sp³-hybridized carbons (Fsp3) is 0.385. The van der Waals surface area contributed by atoms with E-state index >= 15 is 0 Å². The number of aromatic nitrogens is 5. The molecule has 186 valence electrons. The molecule has 3 aromatic heterocycles. The second kappa shape index (κ2) is 8.48. The monoisotopic (exact) mass is 491 g/mol. The Balaban J connectivity index is 1.47. The van der Waals surface area contributed by atoms with Crippen LogP contribution in [0.2, 0.25) is 0 Å². The van der Waals surface area contributed by atoms with Crippen LogP contribution >= 0.6 is 0 Å². The minimum absolute atomic E-state index is 0.0365. The van der Waals surface area contributed by atoms with Gasteiger partial charge >= 0.3 is 0 Å². The molecule has 2 N–H and O–H groups in total. The molecule has 0 saturated heterocycles. The fourth-order valence-electron chi connectivity index (χ4n) is 4.63. The number of rotatable bonds is 6. The molecule has 2 aliphatic rings. The average molecular weight is 492 g/mol. The van der Waals surface area contributed by atoms with Crippen molar-refractivity contribution in [2.45, 2.75) is 51.1 Å². The molecule has 36 heavy (non-hydrogen) atoms. The predicted octanol–water partition coefficient (Wildman–Crippen LogP) is 4.09. The third-order valence-electron chi connectivity index (χ3n) is 6.92. The molecule has 1 aliphatic heterocycles. The summed E-state index contributed by atoms with van der Waals surface area (Å²) in [4.78, 5) is 27.0. The molecule has 10 heteroatoms. The van der Waals surface area contributed by atoms with E-state index in [9.17, 15) is 13.6 Å². The third-order valence-corrected chi connectivity index (χ3v) is 6.92. The van der Waals surface area contributed by atoms with Crippen LogP contribution < -0.4 is 16.2 Å². The largest absolute Gasteiger partial charge is 0.322 e. The normalized spacial score (nSPS) is 15.8. The van der Waals surface area contributed by atoms with Gasteiger partial charge in [0.2, 0.25) is 5.95 Å². The molecule has 0 amide bonds. The van der Waals surface area contributed by atoms with E-state index in [4.69, 9.17) is 4.98 Å². The van der Waals surface area contributed by atoms with Crippen molar-refractivity contribution in [2.75, 3.05) is 18.5 Å². The number of hydrogen-bond acceptors (Lipinski definition) is 6. The lowest BCUT2D eigenvalue weighted by Crippen LogP contribution is -2.24. The summed E-state index contributed by atoms with van der Waals surface area (Å²) in [7, 11) is 0. The lowest BCUT2D eigenvalue weighted by molar-refractivity contribution is 0.344. The molecule has 4 aromatic rings. The van der Waals surface area contributed by atoms with E-state index in [0.717, 1.165) is 36.9 Å². The summed E-state index contributed by atoms with van der Waals surface area (Å²) < 4.78 is 31.9. The Bertz CT molecular complexity index is 1540. The van der Waals surface area contributed by atoms with Crippen LogP contribution in [0.4, 0.5) is 20.4 Å². The van der Waals surface area contributed by atoms with Gasteiger partial charge in [0.15, 0.2) is 11.5 Å². The van der Waals surface area contributed by atoms with Gasteiger partial charge in [0.25, 0.3) is 5.56 Å². The van der Waals surface area contributed by atoms with E-state index in [0.29, 0.717) is 29.1 Å². The van der Waals surface area contributed by atoms with Crippen LogP contribution in [0.5, 0.6) is 0 Å². The van der Waals surface area contributed by atoms with Crippen molar-refractivity contribution < 1.29 is 8.78 Å². The molecule has 4 heterocycles. The molecule has 0 radical (unpaired) electrons. The number of fused-ring (bicyclic) bond motifs is 2. The van der Waals surface area contributed by atoms with Gasteiger partial charge in [0, 0.05) is 18.2 Å². The quantitative estimate of drug-likeness (QED) is 0.422. The number of alkyl halides is 1. The van der Waals surface area contributed by atoms with Crippen LogP contribution in [0.15, 0.2) is 41.3 Å². The molecule has 6 rings (SSSR count). The first-order valence-corrected chi connectivity index (χ1v) is 12.2. The number of benzene rings is 1. The van der Waals surface area contributed by atoms with Gasteiger partial charge in [0.1, 0.15) is 17.9 Å². The smallest absolute Gasteiger partial charge is 0.278 e. The standard InChI is InChI=1S/C26H27F2N7O/c1-26(2,14-27)21-4-3-5-22(32-21)35-23-18(24(36)34(35)17-6-7-17)13-30-25(33-23)31-20-11-15-8-9-29-12-16(15)10-19(20)28/h3-5,10-11,13,17,29H,6-9,12,14H2,1-2H3,(H,30,31,33). The maximum absolute atomic E-state index is 14.8. The topological polar surface area (TPSA) is 89.7 Å². The van der Waals surface area contributed by atoms with Crippen molar-refractivity contribution >= 4 is 22.7 Å². The lowest BCUT2D eigenvalue weighted by atomic mass is 9.90. The first-order valence-electron chi connectivity index (χ1n) is 12.2. The van der Waals surface area contributed by atoms with E-state index in [-0.39, 0.29) is 23.2 Å². The molecule has 1 fully saturated rings. The number of anilines is 2. The Morgan fingerprint density at radius 1 is 1.19 bits per heavy atom. The second-order valence-corrected chi connectivity index (χ2v) is 10.2. The highest BCUT2D eigenvalue weighted by Crippen LogP contribution is 2.36. The van der Waals surface area contributed by atoms with Gasteiger partial charge in [-0.15, -0.1) is 0 Å². The minimum atomic E-state index is -0.773. The highest BCUT2D eigenvalue weighted by Gasteiger charge is 2.32. The summed E-state index contributed by atoms with van der Waals surface area (Å²) >= 11 is 0. The second-order valence-electron chi connectivity index (χ2n) is 10.2. The van der Waals surface area contributed by atoms with Crippen molar-refractivity contribution in [1.29, 1.82) is 0 Å².